The number of benzene rings is 2. The lowest BCUT2D eigenvalue weighted by molar-refractivity contribution is -0.137. The summed E-state index contributed by atoms with van der Waals surface area (Å²) in [4.78, 5) is 25.0. The van der Waals surface area contributed by atoms with Crippen LogP contribution in [-0.2, 0) is 26.2 Å². The fourth-order valence-corrected chi connectivity index (χ4v) is 4.59. The maximum atomic E-state index is 13.1. The number of carbonyl (C=O) groups excluding carboxylic acids is 2. The lowest BCUT2D eigenvalue weighted by Crippen LogP contribution is -2.40. The summed E-state index contributed by atoms with van der Waals surface area (Å²) in [6.45, 7) is 5.74. The molecule has 2 aromatic rings. The van der Waals surface area contributed by atoms with Crippen LogP contribution in [0.25, 0.3) is 0 Å². The van der Waals surface area contributed by atoms with Gasteiger partial charge in [0.05, 0.1) is 17.9 Å². The predicted molar refractivity (Wildman–Crippen MR) is 122 cm³/mol. The van der Waals surface area contributed by atoms with Crippen molar-refractivity contribution in [2.24, 2.45) is 5.92 Å². The van der Waals surface area contributed by atoms with Crippen molar-refractivity contribution in [2.75, 3.05) is 0 Å². The quantitative estimate of drug-likeness (QED) is 0.547. The van der Waals surface area contributed by atoms with Gasteiger partial charge in [-0.05, 0) is 61.1 Å². The van der Waals surface area contributed by atoms with Gasteiger partial charge in [0.1, 0.15) is 11.9 Å². The van der Waals surface area contributed by atoms with Crippen LogP contribution in [0.2, 0.25) is 0 Å². The molecule has 178 valence electrons. The van der Waals surface area contributed by atoms with Crippen LogP contribution in [-0.4, -0.2) is 31.6 Å². The average molecular weight is 477 g/mol. The van der Waals surface area contributed by atoms with E-state index in [0.29, 0.717) is 12.8 Å². The molecule has 2 amide bonds. The van der Waals surface area contributed by atoms with Crippen molar-refractivity contribution in [1.29, 1.82) is 0 Å². The summed E-state index contributed by atoms with van der Waals surface area (Å²) in [7, 11) is -3.61. The number of hydrogen-bond acceptors (Lipinski definition) is 5. The molecule has 2 N–H and O–H groups in total. The molecule has 2 aromatic carbocycles. The minimum absolute atomic E-state index is 0.0860. The first-order chi connectivity index (χ1) is 15.6. The van der Waals surface area contributed by atoms with Crippen molar-refractivity contribution in [3.05, 3.63) is 71.0 Å². The molecule has 1 aliphatic carbocycles. The normalized spacial score (nSPS) is 15.7. The minimum atomic E-state index is -3.61. The average Bonchev–Trinajstić information content (AvgIpc) is 3.61. The van der Waals surface area contributed by atoms with Gasteiger partial charge in [-0.3, -0.25) is 9.59 Å². The Bertz CT molecular complexity index is 1080. The number of carbonyl (C=O) groups is 2. The van der Waals surface area contributed by atoms with Crippen molar-refractivity contribution in [3.63, 3.8) is 0 Å². The van der Waals surface area contributed by atoms with Crippen LogP contribution >= 0.6 is 0 Å². The fourth-order valence-electron chi connectivity index (χ4n) is 3.29. The molecule has 1 fully saturated rings. The van der Waals surface area contributed by atoms with Crippen molar-refractivity contribution < 1.29 is 27.1 Å². The highest BCUT2D eigenvalue weighted by Gasteiger charge is 2.37. The van der Waals surface area contributed by atoms with Crippen molar-refractivity contribution in [3.8, 4) is 0 Å². The van der Waals surface area contributed by atoms with Gasteiger partial charge in [-0.15, -0.1) is 0 Å². The number of ether oxygens (including phenoxy) is 1. The molecule has 2 atom stereocenters. The Labute approximate surface area is 193 Å². The third kappa shape index (κ3) is 6.85. The van der Waals surface area contributed by atoms with E-state index in [1.807, 2.05) is 20.8 Å². The topological polar surface area (TPSA) is 102 Å². The molecule has 0 aromatic heterocycles. The first-order valence-electron chi connectivity index (χ1n) is 10.9. The Hall–Kier alpha value is -2.78. The summed E-state index contributed by atoms with van der Waals surface area (Å²) in [5.74, 6) is -1.37. The number of rotatable bonds is 10. The van der Waals surface area contributed by atoms with Crippen LogP contribution in [0, 0.1) is 11.7 Å². The van der Waals surface area contributed by atoms with Gasteiger partial charge in [0.15, 0.2) is 0 Å². The van der Waals surface area contributed by atoms with Crippen LogP contribution in [0.4, 0.5) is 4.39 Å². The van der Waals surface area contributed by atoms with Crippen LogP contribution in [0.1, 0.15) is 61.1 Å². The first-order valence-corrected chi connectivity index (χ1v) is 12.4. The van der Waals surface area contributed by atoms with Gasteiger partial charge in [0, 0.05) is 5.56 Å². The molecule has 0 unspecified atom stereocenters. The van der Waals surface area contributed by atoms with E-state index in [1.165, 1.54) is 24.3 Å². The number of sulfonamides is 1. The number of hydrogen-bond donors (Lipinski definition) is 2. The molecular formula is C24H29FN2O5S. The Morgan fingerprint density at radius 1 is 1.03 bits per heavy atom. The molecule has 1 aliphatic rings. The second-order valence-electron chi connectivity index (χ2n) is 8.63. The van der Waals surface area contributed by atoms with Crippen molar-refractivity contribution in [1.82, 2.24) is 10.0 Å². The summed E-state index contributed by atoms with van der Waals surface area (Å²) in [5.41, 5.74) is 1.75. The van der Waals surface area contributed by atoms with Gasteiger partial charge in [-0.2, -0.15) is 0 Å². The third-order valence-electron chi connectivity index (χ3n) is 5.44. The van der Waals surface area contributed by atoms with Crippen molar-refractivity contribution >= 4 is 21.8 Å². The van der Waals surface area contributed by atoms with E-state index in [0.717, 1.165) is 11.1 Å². The second kappa shape index (κ2) is 10.4. The largest absolute Gasteiger partial charge is 0.363 e. The van der Waals surface area contributed by atoms with Crippen LogP contribution in [0.15, 0.2) is 48.5 Å². The van der Waals surface area contributed by atoms with Gasteiger partial charge in [0.2, 0.25) is 15.9 Å². The first kappa shape index (κ1) is 24.9. The van der Waals surface area contributed by atoms with Gasteiger partial charge in [0.25, 0.3) is 5.91 Å². The lowest BCUT2D eigenvalue weighted by Gasteiger charge is -2.23. The summed E-state index contributed by atoms with van der Waals surface area (Å²) in [5, 5.41) is 2.44. The minimum Gasteiger partial charge on any atom is -0.363 e. The molecule has 0 saturated heterocycles. The standard InChI is InChI=1S/C24H29FN2O5S/c1-15(2)22(32-14-17-4-10-20(25)11-5-17)24(29)26-16(3)18-6-8-19(9-7-18)23(28)27-33(30,31)21-12-13-21/h4-11,15-16,21-22H,12-14H2,1-3H3,(H,26,29)(H,27,28)/t16-,22+/m0/s1. The maximum Gasteiger partial charge on any atom is 0.264 e. The van der Waals surface area contributed by atoms with Crippen LogP contribution < -0.4 is 10.0 Å². The van der Waals surface area contributed by atoms with E-state index in [9.17, 15) is 22.4 Å². The number of nitrogens with one attached hydrogen (secondary N) is 2. The molecule has 0 bridgehead atoms. The van der Waals surface area contributed by atoms with E-state index < -0.39 is 27.3 Å². The summed E-state index contributed by atoms with van der Waals surface area (Å²) in [6, 6.07) is 12.0. The maximum absolute atomic E-state index is 13.1. The predicted octanol–water partition coefficient (Wildman–Crippen LogP) is 3.47. The third-order valence-corrected chi connectivity index (χ3v) is 7.26. The smallest absolute Gasteiger partial charge is 0.264 e. The summed E-state index contributed by atoms with van der Waals surface area (Å²) in [6.07, 6.45) is 0.447. The second-order valence-corrected chi connectivity index (χ2v) is 10.6. The molecular weight excluding hydrogens is 447 g/mol. The van der Waals surface area contributed by atoms with Crippen LogP contribution in [0.3, 0.4) is 0 Å². The molecule has 0 radical (unpaired) electrons. The van der Waals surface area contributed by atoms with E-state index >= 15 is 0 Å². The van der Waals surface area contributed by atoms with Gasteiger partial charge in [-0.1, -0.05) is 38.1 Å². The summed E-state index contributed by atoms with van der Waals surface area (Å²) >= 11 is 0. The molecule has 0 spiro atoms. The molecule has 0 heterocycles. The van der Waals surface area contributed by atoms with Gasteiger partial charge in [-0.25, -0.2) is 17.5 Å². The SMILES string of the molecule is CC(C)[C@@H](OCc1ccc(F)cc1)C(=O)N[C@@H](C)c1ccc(C(=O)NS(=O)(=O)C2CC2)cc1. The summed E-state index contributed by atoms with van der Waals surface area (Å²) < 4.78 is 44.9. The molecule has 9 heteroatoms. The van der Waals surface area contributed by atoms with E-state index in [-0.39, 0.29) is 35.9 Å². The zero-order chi connectivity index (χ0) is 24.2. The van der Waals surface area contributed by atoms with Gasteiger partial charge < -0.3 is 10.1 Å². The highest BCUT2D eigenvalue weighted by atomic mass is 32.2. The Kier molecular flexibility index (Phi) is 7.86. The highest BCUT2D eigenvalue weighted by molar-refractivity contribution is 7.91. The molecule has 0 aliphatic heterocycles. The van der Waals surface area contributed by atoms with E-state index in [4.69, 9.17) is 4.74 Å². The molecule has 3 rings (SSSR count). The van der Waals surface area contributed by atoms with Crippen LogP contribution in [0.5, 0.6) is 0 Å². The number of halogens is 1. The van der Waals surface area contributed by atoms with E-state index in [2.05, 4.69) is 10.0 Å². The Balaban J connectivity index is 1.57. The zero-order valence-corrected chi connectivity index (χ0v) is 19.7. The Morgan fingerprint density at radius 2 is 1.64 bits per heavy atom. The molecule has 33 heavy (non-hydrogen) atoms. The highest BCUT2D eigenvalue weighted by Crippen LogP contribution is 2.27. The monoisotopic (exact) mass is 476 g/mol. The molecule has 1 saturated carbocycles. The zero-order valence-electron chi connectivity index (χ0n) is 18.9. The van der Waals surface area contributed by atoms with Gasteiger partial charge >= 0.3 is 0 Å². The van der Waals surface area contributed by atoms with E-state index in [1.54, 1.807) is 24.3 Å². The Morgan fingerprint density at radius 3 is 2.18 bits per heavy atom. The fraction of sp³-hybridized carbons (Fsp3) is 0.417. The molecule has 7 nitrogen and oxygen atoms in total. The lowest BCUT2D eigenvalue weighted by atomic mass is 10.0. The van der Waals surface area contributed by atoms with Crippen molar-refractivity contribution in [2.45, 2.75) is 57.6 Å². The number of amides is 2.